The van der Waals surface area contributed by atoms with Gasteiger partial charge >= 0.3 is 6.09 Å². The van der Waals surface area contributed by atoms with Crippen molar-refractivity contribution in [2.45, 2.75) is 58.2 Å². The number of nitrogens with one attached hydrogen (secondary N) is 1. The second kappa shape index (κ2) is 12.3. The zero-order valence-electron chi connectivity index (χ0n) is 22.4. The van der Waals surface area contributed by atoms with Crippen LogP contribution in [-0.2, 0) is 29.7 Å². The lowest BCUT2D eigenvalue weighted by Crippen LogP contribution is -2.28. The monoisotopic (exact) mass is 533 g/mol. The molecule has 0 saturated carbocycles. The molecule has 0 radical (unpaired) electrons. The van der Waals surface area contributed by atoms with E-state index < -0.39 is 6.09 Å². The van der Waals surface area contributed by atoms with Crippen LogP contribution in [-0.4, -0.2) is 49.8 Å². The number of ether oxygens (including phenoxy) is 3. The highest BCUT2D eigenvalue weighted by Crippen LogP contribution is 2.34. The van der Waals surface area contributed by atoms with Crippen molar-refractivity contribution in [1.29, 1.82) is 0 Å². The van der Waals surface area contributed by atoms with Gasteiger partial charge in [0, 0.05) is 38.2 Å². The number of alkyl carbamates (subject to hydrolysis) is 1. The van der Waals surface area contributed by atoms with Gasteiger partial charge in [-0.2, -0.15) is 5.10 Å². The lowest BCUT2D eigenvalue weighted by molar-refractivity contribution is -0.0365. The van der Waals surface area contributed by atoms with Crippen molar-refractivity contribution < 1.29 is 24.1 Å². The van der Waals surface area contributed by atoms with Crippen molar-refractivity contribution in [3.63, 3.8) is 0 Å². The Balaban J connectivity index is 1.26. The number of aromatic nitrogens is 4. The summed E-state index contributed by atoms with van der Waals surface area (Å²) < 4.78 is 21.2. The summed E-state index contributed by atoms with van der Waals surface area (Å²) in [7, 11) is 1.85. The Labute approximate surface area is 227 Å². The van der Waals surface area contributed by atoms with Gasteiger partial charge in [-0.25, -0.2) is 14.5 Å². The highest BCUT2D eigenvalue weighted by molar-refractivity contribution is 5.93. The van der Waals surface area contributed by atoms with Crippen LogP contribution in [0.4, 0.5) is 4.79 Å². The fourth-order valence-electron chi connectivity index (χ4n) is 4.73. The first kappa shape index (κ1) is 26.7. The number of aryl methyl sites for hydroxylation is 1. The first-order valence-corrected chi connectivity index (χ1v) is 13.4. The van der Waals surface area contributed by atoms with Crippen molar-refractivity contribution >= 4 is 17.0 Å². The number of aliphatic hydroxyl groups is 1. The fourth-order valence-corrected chi connectivity index (χ4v) is 4.73. The normalized spacial score (nSPS) is 16.2. The topological polar surface area (TPSA) is 113 Å². The average Bonchev–Trinajstić information content (AvgIpc) is 3.52. The Morgan fingerprint density at radius 3 is 2.82 bits per heavy atom. The predicted octanol–water partition coefficient (Wildman–Crippen LogP) is 4.71. The minimum Gasteiger partial charge on any atom is -0.491 e. The van der Waals surface area contributed by atoms with Gasteiger partial charge in [-0.15, -0.1) is 0 Å². The summed E-state index contributed by atoms with van der Waals surface area (Å²) in [5.41, 5.74) is 3.28. The molecule has 2 N–H and O–H groups in total. The van der Waals surface area contributed by atoms with E-state index in [1.54, 1.807) is 4.57 Å². The summed E-state index contributed by atoms with van der Waals surface area (Å²) in [4.78, 5) is 16.6. The first-order chi connectivity index (χ1) is 19.0. The smallest absolute Gasteiger partial charge is 0.407 e. The summed E-state index contributed by atoms with van der Waals surface area (Å²) in [5.74, 6) is 1.27. The van der Waals surface area contributed by atoms with Crippen LogP contribution in [0.15, 0.2) is 54.7 Å². The van der Waals surface area contributed by atoms with Gasteiger partial charge in [0.2, 0.25) is 0 Å². The van der Waals surface area contributed by atoms with E-state index in [1.807, 2.05) is 73.4 Å². The number of benzene rings is 2. The van der Waals surface area contributed by atoms with E-state index >= 15 is 0 Å². The maximum Gasteiger partial charge on any atom is 0.407 e. The molecule has 0 aliphatic carbocycles. The lowest BCUT2D eigenvalue weighted by Gasteiger charge is -2.23. The maximum absolute atomic E-state index is 12.0. The summed E-state index contributed by atoms with van der Waals surface area (Å²) >= 11 is 0. The number of nitrogens with zero attached hydrogens (tertiary/aromatic N) is 4. The second-order valence-electron chi connectivity index (χ2n) is 9.81. The third-order valence-corrected chi connectivity index (χ3v) is 6.83. The van der Waals surface area contributed by atoms with Gasteiger partial charge < -0.3 is 29.2 Å². The van der Waals surface area contributed by atoms with E-state index in [0.717, 1.165) is 41.4 Å². The highest BCUT2D eigenvalue weighted by atomic mass is 16.5. The van der Waals surface area contributed by atoms with Gasteiger partial charge in [0.15, 0.2) is 6.23 Å². The van der Waals surface area contributed by atoms with Crippen molar-refractivity contribution in [1.82, 2.24) is 24.6 Å². The van der Waals surface area contributed by atoms with Gasteiger partial charge in [-0.3, -0.25) is 0 Å². The molecule has 206 valence electrons. The van der Waals surface area contributed by atoms with Crippen molar-refractivity contribution in [2.24, 2.45) is 7.05 Å². The van der Waals surface area contributed by atoms with Gasteiger partial charge in [0.1, 0.15) is 36.2 Å². The van der Waals surface area contributed by atoms with Gasteiger partial charge in [0.05, 0.1) is 11.6 Å². The minimum absolute atomic E-state index is 0.130. The molecule has 10 heteroatoms. The minimum atomic E-state index is -0.452. The second-order valence-corrected chi connectivity index (χ2v) is 9.81. The van der Waals surface area contributed by atoms with Gasteiger partial charge in [0.25, 0.3) is 0 Å². The van der Waals surface area contributed by atoms with Crippen molar-refractivity contribution in [3.8, 4) is 17.1 Å². The predicted molar refractivity (Wildman–Crippen MR) is 146 cm³/mol. The van der Waals surface area contributed by atoms with Crippen LogP contribution in [0.5, 0.6) is 5.75 Å². The molecule has 1 amide bonds. The molecule has 5 rings (SSSR count). The Hall–Kier alpha value is -3.89. The van der Waals surface area contributed by atoms with E-state index in [4.69, 9.17) is 19.3 Å². The number of carbonyl (C=O) groups is 1. The molecular formula is C29H35N5O5. The number of carbonyl (C=O) groups excluding carboxylic acids is 1. The van der Waals surface area contributed by atoms with Gasteiger partial charge in [-0.05, 0) is 49.9 Å². The molecule has 1 saturated heterocycles. The number of imidazole rings is 1. The van der Waals surface area contributed by atoms with Crippen LogP contribution >= 0.6 is 0 Å². The Kier molecular flexibility index (Phi) is 8.43. The molecule has 0 spiro atoms. The fraction of sp³-hybridized carbons (Fsp3) is 0.414. The molecule has 1 unspecified atom stereocenters. The molecule has 1 fully saturated rings. The number of aliphatic hydroxyl groups excluding tert-OH is 1. The van der Waals surface area contributed by atoms with E-state index in [9.17, 15) is 9.90 Å². The van der Waals surface area contributed by atoms with Crippen LogP contribution in [0.3, 0.4) is 0 Å². The third kappa shape index (κ3) is 6.40. The largest absolute Gasteiger partial charge is 0.491 e. The standard InChI is InChI=1S/C29H35N5O5/c1-20(13-14-30-29(36)38-19-21-8-4-3-5-9-21)39-22-11-12-25-23(16-22)28(24-17-33(2)26(18-35)31-24)32-34(25)27-10-6-7-15-37-27/h3-5,8-9,11-12,16-17,20,27,35H,6-7,10,13-15,18-19H2,1-2H3,(H,30,36)/t20-,27?/m1/s1. The molecule has 1 aliphatic heterocycles. The highest BCUT2D eigenvalue weighted by Gasteiger charge is 2.23. The van der Waals surface area contributed by atoms with Crippen LogP contribution in [0.2, 0.25) is 0 Å². The van der Waals surface area contributed by atoms with Crippen LogP contribution in [0, 0.1) is 0 Å². The summed E-state index contributed by atoms with van der Waals surface area (Å²) in [6, 6.07) is 15.5. The molecule has 3 heterocycles. The Bertz CT molecular complexity index is 1390. The average molecular weight is 534 g/mol. The van der Waals surface area contributed by atoms with E-state index in [2.05, 4.69) is 10.3 Å². The zero-order chi connectivity index (χ0) is 27.2. The summed E-state index contributed by atoms with van der Waals surface area (Å²) in [6.07, 6.45) is 4.80. The molecule has 4 aromatic rings. The molecule has 1 aliphatic rings. The quantitative estimate of drug-likeness (QED) is 0.304. The van der Waals surface area contributed by atoms with Gasteiger partial charge in [-0.1, -0.05) is 30.3 Å². The molecule has 0 bridgehead atoms. The Morgan fingerprint density at radius 1 is 1.23 bits per heavy atom. The number of amides is 1. The number of rotatable bonds is 10. The third-order valence-electron chi connectivity index (χ3n) is 6.83. The molecule has 2 atom stereocenters. The number of hydrogen-bond donors (Lipinski definition) is 2. The molecular weight excluding hydrogens is 498 g/mol. The van der Waals surface area contributed by atoms with E-state index in [-0.39, 0.29) is 25.5 Å². The Morgan fingerprint density at radius 2 is 2.08 bits per heavy atom. The van der Waals surface area contributed by atoms with Crippen molar-refractivity contribution in [3.05, 3.63) is 66.1 Å². The first-order valence-electron chi connectivity index (χ1n) is 13.4. The molecule has 39 heavy (non-hydrogen) atoms. The number of fused-ring (bicyclic) bond motifs is 1. The van der Waals surface area contributed by atoms with Crippen LogP contribution < -0.4 is 10.1 Å². The lowest BCUT2D eigenvalue weighted by atomic mass is 10.1. The molecule has 2 aromatic heterocycles. The zero-order valence-corrected chi connectivity index (χ0v) is 22.4. The summed E-state index contributed by atoms with van der Waals surface area (Å²) in [6.45, 7) is 3.19. The van der Waals surface area contributed by atoms with E-state index in [0.29, 0.717) is 36.8 Å². The van der Waals surface area contributed by atoms with E-state index in [1.165, 1.54) is 0 Å². The number of hydrogen-bond acceptors (Lipinski definition) is 7. The van der Waals surface area contributed by atoms with Crippen molar-refractivity contribution in [2.75, 3.05) is 13.2 Å². The van der Waals surface area contributed by atoms with Crippen LogP contribution in [0.1, 0.15) is 50.2 Å². The maximum atomic E-state index is 12.0. The SMILES string of the molecule is C[C@H](CCNC(=O)OCc1ccccc1)Oc1ccc2c(c1)c(-c1cn(C)c(CO)n1)nn2C1CCCCO1. The van der Waals surface area contributed by atoms with Crippen LogP contribution in [0.25, 0.3) is 22.3 Å². The summed E-state index contributed by atoms with van der Waals surface area (Å²) in [5, 5.41) is 18.3. The molecule has 2 aromatic carbocycles. The molecule has 10 nitrogen and oxygen atoms in total.